The minimum absolute atomic E-state index is 0.0355. The van der Waals surface area contributed by atoms with Crippen LogP contribution in [0.2, 0.25) is 0 Å². The molecule has 1 aromatic carbocycles. The van der Waals surface area contributed by atoms with Gasteiger partial charge in [0.25, 0.3) is 0 Å². The number of carbonyl (C=O) groups excluding carboxylic acids is 1. The Morgan fingerprint density at radius 3 is 3.06 bits per heavy atom. The highest BCUT2D eigenvalue weighted by molar-refractivity contribution is 5.90. The zero-order chi connectivity index (χ0) is 12.3. The lowest BCUT2D eigenvalue weighted by molar-refractivity contribution is 0.0599. The second kappa shape index (κ2) is 5.16. The molecule has 5 nitrogen and oxygen atoms in total. The summed E-state index contributed by atoms with van der Waals surface area (Å²) in [7, 11) is 1.36. The van der Waals surface area contributed by atoms with Crippen molar-refractivity contribution in [1.29, 1.82) is 0 Å². The fraction of sp³-hybridized carbons (Fsp3) is 0.417. The molecule has 1 aromatic rings. The molecule has 1 saturated heterocycles. The Kier molecular flexibility index (Phi) is 3.61. The van der Waals surface area contributed by atoms with Crippen LogP contribution >= 0.6 is 0 Å². The van der Waals surface area contributed by atoms with E-state index in [-0.39, 0.29) is 12.0 Å². The number of nitrogens with two attached hydrogens (primary N) is 1. The minimum atomic E-state index is -0.358. The highest BCUT2D eigenvalue weighted by Gasteiger charge is 2.19. The van der Waals surface area contributed by atoms with Gasteiger partial charge in [-0.2, -0.15) is 0 Å². The van der Waals surface area contributed by atoms with E-state index in [4.69, 9.17) is 10.5 Å². The molecule has 1 atom stereocenters. The van der Waals surface area contributed by atoms with Crippen LogP contribution in [-0.2, 0) is 9.47 Å². The van der Waals surface area contributed by atoms with Gasteiger partial charge in [-0.25, -0.2) is 4.79 Å². The number of hydrogen-bond acceptors (Lipinski definition) is 5. The van der Waals surface area contributed by atoms with Crippen LogP contribution in [0.25, 0.3) is 0 Å². The maximum atomic E-state index is 11.4. The average Bonchev–Trinajstić information content (AvgIpc) is 2.39. The van der Waals surface area contributed by atoms with Crippen molar-refractivity contribution in [2.75, 3.05) is 32.6 Å². The highest BCUT2D eigenvalue weighted by Crippen LogP contribution is 2.23. The predicted octanol–water partition coefficient (Wildman–Crippen LogP) is 0.716. The Bertz CT molecular complexity index is 414. The van der Waals surface area contributed by atoms with E-state index in [1.54, 1.807) is 18.2 Å². The third kappa shape index (κ3) is 2.57. The minimum Gasteiger partial charge on any atom is -0.465 e. The Hall–Kier alpha value is -1.59. The Labute approximate surface area is 99.9 Å². The van der Waals surface area contributed by atoms with E-state index in [1.165, 1.54) is 7.11 Å². The second-order valence-corrected chi connectivity index (χ2v) is 3.92. The van der Waals surface area contributed by atoms with E-state index < -0.39 is 0 Å². The van der Waals surface area contributed by atoms with Crippen molar-refractivity contribution in [3.63, 3.8) is 0 Å². The number of ether oxygens (including phenoxy) is 2. The number of nitrogen functional groups attached to an aromatic ring is 1. The van der Waals surface area contributed by atoms with Gasteiger partial charge in [-0.05, 0) is 23.8 Å². The van der Waals surface area contributed by atoms with Gasteiger partial charge in [-0.3, -0.25) is 0 Å². The van der Waals surface area contributed by atoms with Gasteiger partial charge in [0.2, 0.25) is 0 Å². The summed E-state index contributed by atoms with van der Waals surface area (Å²) < 4.78 is 10.1. The van der Waals surface area contributed by atoms with Crippen molar-refractivity contribution in [3.8, 4) is 0 Å². The van der Waals surface area contributed by atoms with Gasteiger partial charge >= 0.3 is 5.97 Å². The zero-order valence-corrected chi connectivity index (χ0v) is 9.73. The van der Waals surface area contributed by atoms with Gasteiger partial charge in [0.15, 0.2) is 0 Å². The summed E-state index contributed by atoms with van der Waals surface area (Å²) in [6, 6.07) is 5.17. The third-order valence-electron chi connectivity index (χ3n) is 2.80. The van der Waals surface area contributed by atoms with Crippen molar-refractivity contribution in [2.45, 2.75) is 6.04 Å². The van der Waals surface area contributed by atoms with Crippen LogP contribution in [0, 0.1) is 0 Å². The van der Waals surface area contributed by atoms with E-state index in [0.29, 0.717) is 24.5 Å². The smallest absolute Gasteiger partial charge is 0.337 e. The summed E-state index contributed by atoms with van der Waals surface area (Å²) in [4.78, 5) is 11.4. The molecule has 5 heteroatoms. The Balaban J connectivity index is 2.28. The van der Waals surface area contributed by atoms with Crippen LogP contribution in [0.5, 0.6) is 0 Å². The summed E-state index contributed by atoms with van der Waals surface area (Å²) in [5, 5.41) is 3.30. The van der Waals surface area contributed by atoms with Gasteiger partial charge in [0.05, 0.1) is 31.9 Å². The number of methoxy groups -OCH3 is 1. The van der Waals surface area contributed by atoms with E-state index >= 15 is 0 Å². The van der Waals surface area contributed by atoms with Gasteiger partial charge in [-0.15, -0.1) is 0 Å². The standard InChI is InChI=1S/C12H16N2O3/c1-16-12(15)8-2-3-10(13)9(6-8)11-7-17-5-4-14-11/h2-3,6,11,14H,4-5,7,13H2,1H3/t11-/m0/s1. The number of esters is 1. The third-order valence-corrected chi connectivity index (χ3v) is 2.80. The molecule has 0 amide bonds. The molecule has 0 bridgehead atoms. The molecule has 0 aliphatic carbocycles. The van der Waals surface area contributed by atoms with Crippen LogP contribution in [0.15, 0.2) is 18.2 Å². The molecule has 0 saturated carbocycles. The summed E-state index contributed by atoms with van der Waals surface area (Å²) in [5.41, 5.74) is 7.95. The normalized spacial score (nSPS) is 19.9. The lowest BCUT2D eigenvalue weighted by Gasteiger charge is -2.25. The predicted molar refractivity (Wildman–Crippen MR) is 63.8 cm³/mol. The lowest BCUT2D eigenvalue weighted by Crippen LogP contribution is -2.35. The van der Waals surface area contributed by atoms with Crippen LogP contribution in [0.3, 0.4) is 0 Å². The summed E-state index contributed by atoms with van der Waals surface area (Å²) >= 11 is 0. The maximum absolute atomic E-state index is 11.4. The van der Waals surface area contributed by atoms with E-state index in [2.05, 4.69) is 10.1 Å². The van der Waals surface area contributed by atoms with Gasteiger partial charge in [0.1, 0.15) is 0 Å². The molecule has 1 fully saturated rings. The second-order valence-electron chi connectivity index (χ2n) is 3.92. The maximum Gasteiger partial charge on any atom is 0.337 e. The molecule has 1 heterocycles. The van der Waals surface area contributed by atoms with Gasteiger partial charge < -0.3 is 20.5 Å². The monoisotopic (exact) mass is 236 g/mol. The van der Waals surface area contributed by atoms with Crippen LogP contribution in [0.4, 0.5) is 5.69 Å². The topological polar surface area (TPSA) is 73.6 Å². The Morgan fingerprint density at radius 1 is 1.59 bits per heavy atom. The van der Waals surface area contributed by atoms with Gasteiger partial charge in [-0.1, -0.05) is 0 Å². The number of morpholine rings is 1. The molecule has 3 N–H and O–H groups in total. The van der Waals surface area contributed by atoms with E-state index in [1.807, 2.05) is 0 Å². The number of benzene rings is 1. The number of hydrogen-bond donors (Lipinski definition) is 2. The van der Waals surface area contributed by atoms with E-state index in [0.717, 1.165) is 12.1 Å². The first-order valence-corrected chi connectivity index (χ1v) is 5.51. The molecule has 0 unspecified atom stereocenters. The fourth-order valence-electron chi connectivity index (χ4n) is 1.89. The van der Waals surface area contributed by atoms with Crippen LogP contribution < -0.4 is 11.1 Å². The molecule has 0 radical (unpaired) electrons. The van der Waals surface area contributed by atoms with Crippen molar-refractivity contribution in [1.82, 2.24) is 5.32 Å². The molecule has 1 aliphatic heterocycles. The summed E-state index contributed by atoms with van der Waals surface area (Å²) in [5.74, 6) is -0.358. The number of carbonyl (C=O) groups is 1. The molecule has 92 valence electrons. The van der Waals surface area contributed by atoms with Crippen LogP contribution in [0.1, 0.15) is 22.0 Å². The van der Waals surface area contributed by atoms with Crippen molar-refractivity contribution in [3.05, 3.63) is 29.3 Å². The first-order chi connectivity index (χ1) is 8.22. The molecule has 1 aliphatic rings. The summed E-state index contributed by atoms with van der Waals surface area (Å²) in [6.07, 6.45) is 0. The Morgan fingerprint density at radius 2 is 2.41 bits per heavy atom. The van der Waals surface area contributed by atoms with E-state index in [9.17, 15) is 4.79 Å². The first-order valence-electron chi connectivity index (χ1n) is 5.51. The van der Waals surface area contributed by atoms with Crippen molar-refractivity contribution in [2.24, 2.45) is 0 Å². The fourth-order valence-corrected chi connectivity index (χ4v) is 1.89. The number of anilines is 1. The SMILES string of the molecule is COC(=O)c1ccc(N)c([C@@H]2COCCN2)c1. The molecular weight excluding hydrogens is 220 g/mol. The molecular formula is C12H16N2O3. The average molecular weight is 236 g/mol. The molecule has 2 rings (SSSR count). The quantitative estimate of drug-likeness (QED) is 0.584. The molecule has 0 aromatic heterocycles. The lowest BCUT2D eigenvalue weighted by atomic mass is 10.0. The summed E-state index contributed by atoms with van der Waals surface area (Å²) in [6.45, 7) is 2.05. The number of nitrogens with one attached hydrogen (secondary N) is 1. The van der Waals surface area contributed by atoms with Crippen LogP contribution in [-0.4, -0.2) is 32.8 Å². The van der Waals surface area contributed by atoms with Gasteiger partial charge in [0, 0.05) is 12.2 Å². The molecule has 0 spiro atoms. The van der Waals surface area contributed by atoms with Crippen molar-refractivity contribution >= 4 is 11.7 Å². The van der Waals surface area contributed by atoms with Crippen molar-refractivity contribution < 1.29 is 14.3 Å². The molecule has 17 heavy (non-hydrogen) atoms. The number of rotatable bonds is 2. The zero-order valence-electron chi connectivity index (χ0n) is 9.73. The first kappa shape index (κ1) is 11.9. The largest absolute Gasteiger partial charge is 0.465 e. The highest BCUT2D eigenvalue weighted by atomic mass is 16.5.